The fourth-order valence-corrected chi connectivity index (χ4v) is 2.79. The highest BCUT2D eigenvalue weighted by atomic mass is 16.5. The molecule has 0 saturated carbocycles. The highest BCUT2D eigenvalue weighted by Crippen LogP contribution is 2.21. The van der Waals surface area contributed by atoms with Crippen LogP contribution in [0.3, 0.4) is 0 Å². The molecule has 1 N–H and O–H groups in total. The lowest BCUT2D eigenvalue weighted by Gasteiger charge is -2.37. The molecule has 4 heteroatoms. The SMILES string of the molecule is CC1CN(C(=O)C2CCNC2C)CC(C)O1. The molecule has 0 spiro atoms. The van der Waals surface area contributed by atoms with Crippen molar-refractivity contribution in [3.8, 4) is 0 Å². The second-order valence-electron chi connectivity index (χ2n) is 5.14. The monoisotopic (exact) mass is 226 g/mol. The van der Waals surface area contributed by atoms with Crippen molar-refractivity contribution in [3.05, 3.63) is 0 Å². The zero-order chi connectivity index (χ0) is 11.7. The molecular formula is C12H22N2O2. The number of hydrogen-bond donors (Lipinski definition) is 1. The number of carbonyl (C=O) groups is 1. The zero-order valence-corrected chi connectivity index (χ0v) is 10.4. The van der Waals surface area contributed by atoms with Gasteiger partial charge in [-0.05, 0) is 33.7 Å². The minimum Gasteiger partial charge on any atom is -0.372 e. The summed E-state index contributed by atoms with van der Waals surface area (Å²) in [4.78, 5) is 14.3. The Hall–Kier alpha value is -0.610. The second kappa shape index (κ2) is 4.72. The standard InChI is InChI=1S/C12H22N2O2/c1-8-6-14(7-9(2)16-8)12(15)11-4-5-13-10(11)3/h8-11,13H,4-7H2,1-3H3. The van der Waals surface area contributed by atoms with Crippen molar-refractivity contribution < 1.29 is 9.53 Å². The molecule has 2 saturated heterocycles. The molecule has 4 atom stereocenters. The van der Waals surface area contributed by atoms with Gasteiger partial charge >= 0.3 is 0 Å². The van der Waals surface area contributed by atoms with Crippen LogP contribution >= 0.6 is 0 Å². The van der Waals surface area contributed by atoms with Gasteiger partial charge in [-0.15, -0.1) is 0 Å². The number of hydrogen-bond acceptors (Lipinski definition) is 3. The van der Waals surface area contributed by atoms with Crippen LogP contribution in [0.4, 0.5) is 0 Å². The van der Waals surface area contributed by atoms with Crippen molar-refractivity contribution in [2.45, 2.75) is 45.4 Å². The number of amides is 1. The summed E-state index contributed by atoms with van der Waals surface area (Å²) in [5.41, 5.74) is 0. The molecular weight excluding hydrogens is 204 g/mol. The summed E-state index contributed by atoms with van der Waals surface area (Å²) in [6.07, 6.45) is 1.30. The maximum Gasteiger partial charge on any atom is 0.227 e. The molecule has 2 aliphatic rings. The largest absolute Gasteiger partial charge is 0.372 e. The van der Waals surface area contributed by atoms with E-state index in [0.29, 0.717) is 11.9 Å². The Morgan fingerprint density at radius 3 is 2.38 bits per heavy atom. The molecule has 16 heavy (non-hydrogen) atoms. The summed E-state index contributed by atoms with van der Waals surface area (Å²) in [5, 5.41) is 3.33. The van der Waals surface area contributed by atoms with Crippen LogP contribution in [-0.4, -0.2) is 48.7 Å². The molecule has 92 valence electrons. The third kappa shape index (κ3) is 2.38. The lowest BCUT2D eigenvalue weighted by molar-refractivity contribution is -0.147. The average molecular weight is 226 g/mol. The molecule has 0 bridgehead atoms. The number of rotatable bonds is 1. The van der Waals surface area contributed by atoms with Crippen LogP contribution in [0, 0.1) is 5.92 Å². The van der Waals surface area contributed by atoms with E-state index in [-0.39, 0.29) is 18.1 Å². The Bertz CT molecular complexity index is 260. The molecule has 1 amide bonds. The van der Waals surface area contributed by atoms with Gasteiger partial charge in [0.15, 0.2) is 0 Å². The van der Waals surface area contributed by atoms with Gasteiger partial charge in [0.25, 0.3) is 0 Å². The molecule has 2 aliphatic heterocycles. The van der Waals surface area contributed by atoms with Crippen LogP contribution < -0.4 is 5.32 Å². The van der Waals surface area contributed by atoms with Crippen LogP contribution in [0.25, 0.3) is 0 Å². The first kappa shape index (κ1) is 11.9. The Morgan fingerprint density at radius 1 is 1.25 bits per heavy atom. The Labute approximate surface area is 97.3 Å². The van der Waals surface area contributed by atoms with E-state index in [1.165, 1.54) is 0 Å². The predicted molar refractivity (Wildman–Crippen MR) is 62.2 cm³/mol. The lowest BCUT2D eigenvalue weighted by atomic mass is 9.99. The normalized spacial score (nSPS) is 40.1. The Morgan fingerprint density at radius 2 is 1.88 bits per heavy atom. The van der Waals surface area contributed by atoms with Gasteiger partial charge in [-0.25, -0.2) is 0 Å². The minimum atomic E-state index is 0.164. The first-order valence-electron chi connectivity index (χ1n) is 6.25. The van der Waals surface area contributed by atoms with Gasteiger partial charge in [-0.1, -0.05) is 0 Å². The van der Waals surface area contributed by atoms with Crippen LogP contribution in [0.2, 0.25) is 0 Å². The van der Waals surface area contributed by atoms with Crippen molar-refractivity contribution in [1.29, 1.82) is 0 Å². The van der Waals surface area contributed by atoms with Crippen LogP contribution in [-0.2, 0) is 9.53 Å². The van der Waals surface area contributed by atoms with Gasteiger partial charge in [-0.2, -0.15) is 0 Å². The molecule has 4 nitrogen and oxygen atoms in total. The van der Waals surface area contributed by atoms with Crippen molar-refractivity contribution in [2.75, 3.05) is 19.6 Å². The van der Waals surface area contributed by atoms with E-state index in [9.17, 15) is 4.79 Å². The number of nitrogens with one attached hydrogen (secondary N) is 1. The smallest absolute Gasteiger partial charge is 0.227 e. The molecule has 0 aliphatic carbocycles. The summed E-state index contributed by atoms with van der Waals surface area (Å²) < 4.78 is 5.65. The predicted octanol–water partition coefficient (Wildman–Crippen LogP) is 0.620. The van der Waals surface area contributed by atoms with E-state index < -0.39 is 0 Å². The van der Waals surface area contributed by atoms with Gasteiger partial charge in [0, 0.05) is 19.1 Å². The summed E-state index contributed by atoms with van der Waals surface area (Å²) in [6.45, 7) is 8.62. The summed E-state index contributed by atoms with van der Waals surface area (Å²) >= 11 is 0. The minimum absolute atomic E-state index is 0.164. The van der Waals surface area contributed by atoms with Gasteiger partial charge in [0.1, 0.15) is 0 Å². The first-order chi connectivity index (χ1) is 7.58. The molecule has 2 rings (SSSR count). The van der Waals surface area contributed by atoms with E-state index in [1.807, 2.05) is 18.7 Å². The molecule has 4 unspecified atom stereocenters. The Kier molecular flexibility index (Phi) is 3.50. The fraction of sp³-hybridized carbons (Fsp3) is 0.917. The average Bonchev–Trinajstić information content (AvgIpc) is 2.62. The lowest BCUT2D eigenvalue weighted by Crippen LogP contribution is -2.51. The van der Waals surface area contributed by atoms with Crippen LogP contribution in [0.5, 0.6) is 0 Å². The Balaban J connectivity index is 1.98. The van der Waals surface area contributed by atoms with Gasteiger partial charge in [-0.3, -0.25) is 4.79 Å². The van der Waals surface area contributed by atoms with E-state index >= 15 is 0 Å². The molecule has 2 fully saturated rings. The fourth-order valence-electron chi connectivity index (χ4n) is 2.79. The number of nitrogens with zero attached hydrogens (tertiary/aromatic N) is 1. The molecule has 0 radical (unpaired) electrons. The number of ether oxygens (including phenoxy) is 1. The van der Waals surface area contributed by atoms with Crippen LogP contribution in [0.1, 0.15) is 27.2 Å². The second-order valence-corrected chi connectivity index (χ2v) is 5.14. The maximum atomic E-state index is 12.3. The van der Waals surface area contributed by atoms with Crippen molar-refractivity contribution in [3.63, 3.8) is 0 Å². The summed E-state index contributed by atoms with van der Waals surface area (Å²) in [5.74, 6) is 0.469. The molecule has 0 aromatic carbocycles. The maximum absolute atomic E-state index is 12.3. The van der Waals surface area contributed by atoms with Gasteiger partial charge < -0.3 is 15.0 Å². The highest BCUT2D eigenvalue weighted by Gasteiger charge is 2.35. The number of morpholine rings is 1. The summed E-state index contributed by atoms with van der Waals surface area (Å²) in [7, 11) is 0. The third-order valence-electron chi connectivity index (χ3n) is 3.57. The van der Waals surface area contributed by atoms with E-state index in [2.05, 4.69) is 12.2 Å². The molecule has 0 aromatic rings. The zero-order valence-electron chi connectivity index (χ0n) is 10.4. The van der Waals surface area contributed by atoms with E-state index in [4.69, 9.17) is 4.74 Å². The highest BCUT2D eigenvalue weighted by molar-refractivity contribution is 5.80. The van der Waals surface area contributed by atoms with Crippen molar-refractivity contribution in [2.24, 2.45) is 5.92 Å². The molecule has 0 aromatic heterocycles. The van der Waals surface area contributed by atoms with Gasteiger partial charge in [0.05, 0.1) is 18.1 Å². The van der Waals surface area contributed by atoms with Crippen molar-refractivity contribution in [1.82, 2.24) is 10.2 Å². The van der Waals surface area contributed by atoms with Gasteiger partial charge in [0.2, 0.25) is 5.91 Å². The molecule has 2 heterocycles. The van der Waals surface area contributed by atoms with E-state index in [1.54, 1.807) is 0 Å². The number of carbonyl (C=O) groups excluding carboxylic acids is 1. The van der Waals surface area contributed by atoms with Crippen molar-refractivity contribution >= 4 is 5.91 Å². The topological polar surface area (TPSA) is 41.6 Å². The quantitative estimate of drug-likeness (QED) is 0.712. The van der Waals surface area contributed by atoms with E-state index in [0.717, 1.165) is 26.1 Å². The summed E-state index contributed by atoms with van der Waals surface area (Å²) in [6, 6.07) is 0.320. The first-order valence-corrected chi connectivity index (χ1v) is 6.25. The third-order valence-corrected chi connectivity index (χ3v) is 3.57. The van der Waals surface area contributed by atoms with Crippen LogP contribution in [0.15, 0.2) is 0 Å².